The van der Waals surface area contributed by atoms with Gasteiger partial charge in [-0.25, -0.2) is 0 Å². The van der Waals surface area contributed by atoms with E-state index in [0.717, 1.165) is 19.4 Å². The van der Waals surface area contributed by atoms with Crippen molar-refractivity contribution in [2.45, 2.75) is 52.2 Å². The van der Waals surface area contributed by atoms with E-state index in [1.165, 1.54) is 0 Å². The average Bonchev–Trinajstić information content (AvgIpc) is 2.25. The van der Waals surface area contributed by atoms with Crippen molar-refractivity contribution in [2.24, 2.45) is 11.1 Å². The molecule has 0 aromatic carbocycles. The quantitative estimate of drug-likeness (QED) is 0.684. The molecule has 3 atom stereocenters. The van der Waals surface area contributed by atoms with Crippen molar-refractivity contribution in [3.63, 3.8) is 0 Å². The highest BCUT2D eigenvalue weighted by molar-refractivity contribution is 5.73. The van der Waals surface area contributed by atoms with Gasteiger partial charge in [0.15, 0.2) is 0 Å². The number of ether oxygens (including phenoxy) is 1. The third kappa shape index (κ3) is 2.74. The Morgan fingerprint density at radius 2 is 2.25 bits per heavy atom. The first kappa shape index (κ1) is 13.5. The molecule has 4 nitrogen and oxygen atoms in total. The Morgan fingerprint density at radius 3 is 2.75 bits per heavy atom. The van der Waals surface area contributed by atoms with Gasteiger partial charge in [-0.15, -0.1) is 0 Å². The molecular weight excluding hydrogens is 204 g/mol. The first-order valence-corrected chi connectivity index (χ1v) is 6.17. The fourth-order valence-electron chi connectivity index (χ4n) is 2.44. The Kier molecular flexibility index (Phi) is 4.74. The van der Waals surface area contributed by atoms with Crippen molar-refractivity contribution >= 4 is 5.91 Å². The SMILES string of the molecule is CCOC1CC(NCCC(N)=O)C1(C)CC. The molecule has 4 heteroatoms. The molecule has 0 radical (unpaired) electrons. The predicted molar refractivity (Wildman–Crippen MR) is 64.0 cm³/mol. The predicted octanol–water partition coefficient (Wildman–Crippen LogP) is 1.05. The maximum absolute atomic E-state index is 10.6. The molecule has 0 bridgehead atoms. The summed E-state index contributed by atoms with van der Waals surface area (Å²) >= 11 is 0. The average molecular weight is 228 g/mol. The van der Waals surface area contributed by atoms with Crippen molar-refractivity contribution in [3.05, 3.63) is 0 Å². The molecular formula is C12H24N2O2. The maximum Gasteiger partial charge on any atom is 0.218 e. The molecule has 0 spiro atoms. The molecule has 94 valence electrons. The Labute approximate surface area is 97.9 Å². The van der Waals surface area contributed by atoms with Crippen LogP contribution < -0.4 is 11.1 Å². The fourth-order valence-corrected chi connectivity index (χ4v) is 2.44. The summed E-state index contributed by atoms with van der Waals surface area (Å²) in [6.07, 6.45) is 2.90. The number of primary amides is 1. The van der Waals surface area contributed by atoms with Crippen LogP contribution in [-0.4, -0.2) is 31.2 Å². The van der Waals surface area contributed by atoms with Gasteiger partial charge in [0.2, 0.25) is 5.91 Å². The van der Waals surface area contributed by atoms with Crippen LogP contribution in [0.3, 0.4) is 0 Å². The van der Waals surface area contributed by atoms with Crippen LogP contribution >= 0.6 is 0 Å². The summed E-state index contributed by atoms with van der Waals surface area (Å²) in [4.78, 5) is 10.6. The van der Waals surface area contributed by atoms with Crippen LogP contribution in [0.2, 0.25) is 0 Å². The van der Waals surface area contributed by atoms with Crippen molar-refractivity contribution < 1.29 is 9.53 Å². The van der Waals surface area contributed by atoms with Gasteiger partial charge in [-0.1, -0.05) is 13.8 Å². The highest BCUT2D eigenvalue weighted by Crippen LogP contribution is 2.45. The van der Waals surface area contributed by atoms with Crippen molar-refractivity contribution in [3.8, 4) is 0 Å². The van der Waals surface area contributed by atoms with E-state index in [0.29, 0.717) is 25.1 Å². The summed E-state index contributed by atoms with van der Waals surface area (Å²) in [5.41, 5.74) is 5.31. The molecule has 3 unspecified atom stereocenters. The number of nitrogens with two attached hydrogens (primary N) is 1. The lowest BCUT2D eigenvalue weighted by atomic mass is 9.61. The van der Waals surface area contributed by atoms with Gasteiger partial charge in [0.1, 0.15) is 0 Å². The van der Waals surface area contributed by atoms with Crippen molar-refractivity contribution in [1.82, 2.24) is 5.32 Å². The minimum absolute atomic E-state index is 0.202. The number of nitrogens with one attached hydrogen (secondary N) is 1. The molecule has 1 rings (SSSR count). The molecule has 1 amide bonds. The van der Waals surface area contributed by atoms with E-state index in [4.69, 9.17) is 10.5 Å². The van der Waals surface area contributed by atoms with Crippen LogP contribution in [0.15, 0.2) is 0 Å². The Morgan fingerprint density at radius 1 is 1.56 bits per heavy atom. The van der Waals surface area contributed by atoms with Gasteiger partial charge in [0.05, 0.1) is 6.10 Å². The second kappa shape index (κ2) is 5.64. The lowest BCUT2D eigenvalue weighted by molar-refractivity contribution is -0.127. The van der Waals surface area contributed by atoms with E-state index >= 15 is 0 Å². The normalized spacial score (nSPS) is 33.4. The van der Waals surface area contributed by atoms with E-state index in [1.807, 2.05) is 6.92 Å². The van der Waals surface area contributed by atoms with Crippen LogP contribution in [0.5, 0.6) is 0 Å². The zero-order valence-electron chi connectivity index (χ0n) is 10.6. The first-order chi connectivity index (χ1) is 7.54. The molecule has 1 aliphatic carbocycles. The maximum atomic E-state index is 10.6. The third-order valence-corrected chi connectivity index (χ3v) is 3.87. The first-order valence-electron chi connectivity index (χ1n) is 6.17. The summed E-state index contributed by atoms with van der Waals surface area (Å²) in [6, 6.07) is 0.452. The molecule has 16 heavy (non-hydrogen) atoms. The van der Waals surface area contributed by atoms with Gasteiger partial charge in [-0.3, -0.25) is 4.79 Å². The summed E-state index contributed by atoms with van der Waals surface area (Å²) in [7, 11) is 0. The summed E-state index contributed by atoms with van der Waals surface area (Å²) in [6.45, 7) is 7.92. The number of hydrogen-bond donors (Lipinski definition) is 2. The molecule has 1 fully saturated rings. The number of hydrogen-bond acceptors (Lipinski definition) is 3. The monoisotopic (exact) mass is 228 g/mol. The minimum atomic E-state index is -0.244. The smallest absolute Gasteiger partial charge is 0.218 e. The Hall–Kier alpha value is -0.610. The lowest BCUT2D eigenvalue weighted by Gasteiger charge is -2.53. The van der Waals surface area contributed by atoms with Crippen LogP contribution in [0.1, 0.15) is 40.0 Å². The molecule has 0 aromatic rings. The third-order valence-electron chi connectivity index (χ3n) is 3.87. The van der Waals surface area contributed by atoms with Gasteiger partial charge in [0, 0.05) is 31.0 Å². The highest BCUT2D eigenvalue weighted by atomic mass is 16.5. The lowest BCUT2D eigenvalue weighted by Crippen LogP contribution is -2.62. The molecule has 3 N–H and O–H groups in total. The Balaban J connectivity index is 2.36. The number of amides is 1. The van der Waals surface area contributed by atoms with Gasteiger partial charge in [-0.2, -0.15) is 0 Å². The molecule has 0 aromatic heterocycles. The van der Waals surface area contributed by atoms with E-state index in [1.54, 1.807) is 0 Å². The van der Waals surface area contributed by atoms with Gasteiger partial charge < -0.3 is 15.8 Å². The summed E-state index contributed by atoms with van der Waals surface area (Å²) in [5, 5.41) is 3.40. The standard InChI is InChI=1S/C12H24N2O2/c1-4-12(3)9(8-10(12)16-5-2)14-7-6-11(13)15/h9-10,14H,4-8H2,1-3H3,(H2,13,15). The van der Waals surface area contributed by atoms with Gasteiger partial charge in [0.25, 0.3) is 0 Å². The van der Waals surface area contributed by atoms with Crippen LogP contribution in [-0.2, 0) is 9.53 Å². The molecule has 0 saturated heterocycles. The van der Waals surface area contributed by atoms with Crippen molar-refractivity contribution in [1.29, 1.82) is 0 Å². The summed E-state index contributed by atoms with van der Waals surface area (Å²) in [5.74, 6) is -0.244. The fraction of sp³-hybridized carbons (Fsp3) is 0.917. The number of carbonyl (C=O) groups excluding carboxylic acids is 1. The molecule has 0 aliphatic heterocycles. The second-order valence-corrected chi connectivity index (χ2v) is 4.76. The Bertz CT molecular complexity index is 245. The van der Waals surface area contributed by atoms with Gasteiger partial charge >= 0.3 is 0 Å². The zero-order valence-corrected chi connectivity index (χ0v) is 10.6. The number of carbonyl (C=O) groups is 1. The highest BCUT2D eigenvalue weighted by Gasteiger charge is 2.50. The zero-order chi connectivity index (χ0) is 12.2. The minimum Gasteiger partial charge on any atom is -0.378 e. The molecule has 1 saturated carbocycles. The van der Waals surface area contributed by atoms with Crippen LogP contribution in [0.25, 0.3) is 0 Å². The topological polar surface area (TPSA) is 64.3 Å². The van der Waals surface area contributed by atoms with E-state index < -0.39 is 0 Å². The number of rotatable bonds is 7. The van der Waals surface area contributed by atoms with Crippen LogP contribution in [0.4, 0.5) is 0 Å². The molecule has 0 heterocycles. The second-order valence-electron chi connectivity index (χ2n) is 4.76. The van der Waals surface area contributed by atoms with Crippen LogP contribution in [0, 0.1) is 5.41 Å². The van der Waals surface area contributed by atoms with E-state index in [9.17, 15) is 4.79 Å². The van der Waals surface area contributed by atoms with Crippen molar-refractivity contribution in [2.75, 3.05) is 13.2 Å². The largest absolute Gasteiger partial charge is 0.378 e. The summed E-state index contributed by atoms with van der Waals surface area (Å²) < 4.78 is 5.71. The van der Waals surface area contributed by atoms with Gasteiger partial charge in [-0.05, 0) is 19.8 Å². The molecule has 1 aliphatic rings. The van der Waals surface area contributed by atoms with E-state index in [2.05, 4.69) is 19.2 Å². The van der Waals surface area contributed by atoms with E-state index in [-0.39, 0.29) is 11.3 Å².